The molecule has 0 aliphatic rings. The summed E-state index contributed by atoms with van der Waals surface area (Å²) >= 11 is 0.785. The second-order valence-electron chi connectivity index (χ2n) is 5.00. The number of nitrogens with zero attached hydrogens (tertiary/aromatic N) is 1. The number of H-pyrrole nitrogens is 1. The van der Waals surface area contributed by atoms with Crippen LogP contribution >= 0.6 is 11.8 Å². The first kappa shape index (κ1) is 19.2. The number of aromatic nitrogens is 2. The zero-order chi connectivity index (χ0) is 19.1. The highest BCUT2D eigenvalue weighted by molar-refractivity contribution is 7.99. The lowest BCUT2D eigenvalue weighted by Crippen LogP contribution is -2.25. The van der Waals surface area contributed by atoms with Crippen molar-refractivity contribution in [2.45, 2.75) is 18.5 Å². The molecule has 0 unspecified atom stereocenters. The Morgan fingerprint density at radius 1 is 1.19 bits per heavy atom. The minimum absolute atomic E-state index is 0.0153. The van der Waals surface area contributed by atoms with Crippen molar-refractivity contribution in [1.82, 2.24) is 9.97 Å². The second kappa shape index (κ2) is 8.81. The van der Waals surface area contributed by atoms with Crippen molar-refractivity contribution in [3.05, 3.63) is 46.2 Å². The van der Waals surface area contributed by atoms with E-state index in [0.717, 1.165) is 11.8 Å². The summed E-state index contributed by atoms with van der Waals surface area (Å²) in [5.41, 5.74) is -0.604. The largest absolute Gasteiger partial charge is 0.481 e. The zero-order valence-corrected chi connectivity index (χ0v) is 14.6. The van der Waals surface area contributed by atoms with Gasteiger partial charge in [0.25, 0.3) is 11.5 Å². The minimum Gasteiger partial charge on any atom is -0.481 e. The third-order valence-electron chi connectivity index (χ3n) is 3.08. The van der Waals surface area contributed by atoms with Crippen LogP contribution in [0.15, 0.2) is 40.3 Å². The van der Waals surface area contributed by atoms with E-state index in [2.05, 4.69) is 20.6 Å². The van der Waals surface area contributed by atoms with E-state index in [1.54, 1.807) is 37.3 Å². The molecule has 0 radical (unpaired) electrons. The van der Waals surface area contributed by atoms with Gasteiger partial charge < -0.3 is 15.7 Å². The van der Waals surface area contributed by atoms with Crippen molar-refractivity contribution in [3.8, 4) is 0 Å². The molecule has 2 aromatic rings. The van der Waals surface area contributed by atoms with Gasteiger partial charge in [-0.3, -0.25) is 24.2 Å². The quantitative estimate of drug-likeness (QED) is 0.424. The number of nitrogens with one attached hydrogen (secondary N) is 3. The van der Waals surface area contributed by atoms with Crippen molar-refractivity contribution >= 4 is 41.1 Å². The Hall–Kier alpha value is -3.14. The van der Waals surface area contributed by atoms with Gasteiger partial charge in [-0.2, -0.15) is 0 Å². The number of aliphatic carboxylic acids is 1. The van der Waals surface area contributed by atoms with Crippen molar-refractivity contribution in [3.63, 3.8) is 0 Å². The number of carboxylic acid groups (broad SMARTS) is 1. The molecule has 4 N–H and O–H groups in total. The van der Waals surface area contributed by atoms with Gasteiger partial charge in [0.1, 0.15) is 0 Å². The monoisotopic (exact) mass is 376 g/mol. The van der Waals surface area contributed by atoms with Crippen LogP contribution in [0.5, 0.6) is 0 Å². The average molecular weight is 376 g/mol. The number of amides is 2. The van der Waals surface area contributed by atoms with E-state index in [0.29, 0.717) is 5.56 Å². The van der Waals surface area contributed by atoms with Crippen LogP contribution in [0.3, 0.4) is 0 Å². The molecule has 0 saturated carbocycles. The molecule has 2 amide bonds. The van der Waals surface area contributed by atoms with Crippen LogP contribution in [0.25, 0.3) is 0 Å². The summed E-state index contributed by atoms with van der Waals surface area (Å²) in [6.45, 7) is 1.62. The lowest BCUT2D eigenvalue weighted by atomic mass is 10.2. The van der Waals surface area contributed by atoms with E-state index in [4.69, 9.17) is 5.11 Å². The number of anilines is 2. The molecular formula is C16H16N4O5S. The lowest BCUT2D eigenvalue weighted by Gasteiger charge is -2.11. The topological polar surface area (TPSA) is 141 Å². The predicted octanol–water partition coefficient (Wildman–Crippen LogP) is 1.55. The fraction of sp³-hybridized carbons (Fsp3) is 0.188. The molecule has 136 valence electrons. The van der Waals surface area contributed by atoms with E-state index >= 15 is 0 Å². The molecule has 0 fully saturated rings. The van der Waals surface area contributed by atoms with Crippen LogP contribution in [0.2, 0.25) is 0 Å². The number of rotatable bonds is 7. The molecule has 9 nitrogen and oxygen atoms in total. The van der Waals surface area contributed by atoms with Gasteiger partial charge in [-0.1, -0.05) is 36.9 Å². The maximum Gasteiger partial charge on any atom is 0.313 e. The van der Waals surface area contributed by atoms with Gasteiger partial charge >= 0.3 is 5.97 Å². The first-order valence-corrected chi connectivity index (χ1v) is 8.54. The number of thioether (sulfide) groups is 1. The van der Waals surface area contributed by atoms with Crippen molar-refractivity contribution in [1.29, 1.82) is 0 Å². The molecule has 0 spiro atoms. The molecule has 0 aliphatic heterocycles. The van der Waals surface area contributed by atoms with Gasteiger partial charge in [-0.15, -0.1) is 0 Å². The molecule has 0 bridgehead atoms. The van der Waals surface area contributed by atoms with Gasteiger partial charge in [-0.25, -0.2) is 4.98 Å². The zero-order valence-electron chi connectivity index (χ0n) is 13.7. The fourth-order valence-corrected chi connectivity index (χ4v) is 2.43. The van der Waals surface area contributed by atoms with Gasteiger partial charge in [0.15, 0.2) is 16.7 Å². The Labute approximate surface area is 152 Å². The molecule has 0 aliphatic carbocycles. The summed E-state index contributed by atoms with van der Waals surface area (Å²) in [7, 11) is 0. The molecular weight excluding hydrogens is 360 g/mol. The summed E-state index contributed by atoms with van der Waals surface area (Å²) in [5, 5.41) is 13.6. The van der Waals surface area contributed by atoms with Crippen LogP contribution in [0.1, 0.15) is 23.7 Å². The lowest BCUT2D eigenvalue weighted by molar-refractivity contribution is -0.133. The Morgan fingerprint density at radius 2 is 1.88 bits per heavy atom. The number of aromatic amines is 1. The van der Waals surface area contributed by atoms with Crippen molar-refractivity contribution in [2.24, 2.45) is 0 Å². The maximum absolute atomic E-state index is 12.3. The van der Waals surface area contributed by atoms with E-state index in [9.17, 15) is 19.2 Å². The Morgan fingerprint density at radius 3 is 2.50 bits per heavy atom. The summed E-state index contributed by atoms with van der Waals surface area (Å²) in [4.78, 5) is 53.4. The fourth-order valence-electron chi connectivity index (χ4n) is 1.85. The maximum atomic E-state index is 12.3. The Kier molecular flexibility index (Phi) is 6.50. The minimum atomic E-state index is -1.08. The van der Waals surface area contributed by atoms with Crippen LogP contribution < -0.4 is 16.2 Å². The molecule has 0 atom stereocenters. The van der Waals surface area contributed by atoms with Gasteiger partial charge in [-0.05, 0) is 12.1 Å². The number of hydrogen-bond donors (Lipinski definition) is 4. The van der Waals surface area contributed by atoms with Crippen LogP contribution in [-0.2, 0) is 9.59 Å². The summed E-state index contributed by atoms with van der Waals surface area (Å²) in [5.74, 6) is -2.50. The third kappa shape index (κ3) is 5.18. The van der Waals surface area contributed by atoms with Crippen LogP contribution in [-0.4, -0.2) is 38.6 Å². The predicted molar refractivity (Wildman–Crippen MR) is 96.5 cm³/mol. The highest BCUT2D eigenvalue weighted by atomic mass is 32.2. The number of carbonyl (C=O) groups is 3. The number of benzene rings is 1. The molecule has 10 heteroatoms. The molecule has 1 aromatic heterocycles. The Balaban J connectivity index is 2.36. The number of hydrogen-bond acceptors (Lipinski definition) is 6. The standard InChI is InChI=1S/C16H16N4O5S/c1-2-10(21)17-13-12(18-14(24)9-6-4-3-5-7-9)15(25)20-16(19-13)26-8-11(22)23/h3-7H,2,8H2,1H3,(H,18,24)(H,22,23)(H2,17,19,20,21,25). The van der Waals surface area contributed by atoms with Gasteiger partial charge in [0.2, 0.25) is 5.91 Å². The van der Waals surface area contributed by atoms with Crippen molar-refractivity contribution in [2.75, 3.05) is 16.4 Å². The van der Waals surface area contributed by atoms with Gasteiger partial charge in [0, 0.05) is 12.0 Å². The Bertz CT molecular complexity index is 882. The van der Waals surface area contributed by atoms with Crippen LogP contribution in [0, 0.1) is 0 Å². The average Bonchev–Trinajstić information content (AvgIpc) is 2.63. The van der Waals surface area contributed by atoms with E-state index in [1.807, 2.05) is 0 Å². The molecule has 26 heavy (non-hydrogen) atoms. The molecule has 2 rings (SSSR count). The van der Waals surface area contributed by atoms with Gasteiger partial charge in [0.05, 0.1) is 5.75 Å². The summed E-state index contributed by atoms with van der Waals surface area (Å²) in [6.07, 6.45) is 0.137. The SMILES string of the molecule is CCC(=O)Nc1nc(SCC(=O)O)[nH]c(=O)c1NC(=O)c1ccccc1. The number of carboxylic acids is 1. The summed E-state index contributed by atoms with van der Waals surface area (Å²) in [6, 6.07) is 8.22. The van der Waals surface area contributed by atoms with Crippen LogP contribution in [0.4, 0.5) is 11.5 Å². The van der Waals surface area contributed by atoms with Crippen molar-refractivity contribution < 1.29 is 19.5 Å². The molecule has 0 saturated heterocycles. The first-order chi connectivity index (χ1) is 12.4. The van der Waals surface area contributed by atoms with E-state index in [-0.39, 0.29) is 28.8 Å². The highest BCUT2D eigenvalue weighted by Crippen LogP contribution is 2.20. The third-order valence-corrected chi connectivity index (χ3v) is 3.94. The smallest absolute Gasteiger partial charge is 0.313 e. The molecule has 1 heterocycles. The molecule has 1 aromatic carbocycles. The van der Waals surface area contributed by atoms with E-state index in [1.165, 1.54) is 0 Å². The second-order valence-corrected chi connectivity index (χ2v) is 5.96. The first-order valence-electron chi connectivity index (χ1n) is 7.56. The van der Waals surface area contributed by atoms with E-state index < -0.39 is 23.3 Å². The normalized spacial score (nSPS) is 10.2. The summed E-state index contributed by atoms with van der Waals surface area (Å²) < 4.78 is 0. The number of carbonyl (C=O) groups excluding carboxylic acids is 2. The highest BCUT2D eigenvalue weighted by Gasteiger charge is 2.17.